The third kappa shape index (κ3) is 3.62. The number of rotatable bonds is 2. The molecular weight excluding hydrogens is 499 g/mol. The molecule has 0 aromatic heterocycles. The van der Waals surface area contributed by atoms with E-state index in [-0.39, 0.29) is 5.97 Å². The van der Waals surface area contributed by atoms with E-state index in [0.29, 0.717) is 11.3 Å². The van der Waals surface area contributed by atoms with Gasteiger partial charge in [-0.1, -0.05) is 22.0 Å². The summed E-state index contributed by atoms with van der Waals surface area (Å²) in [6.07, 6.45) is 0. The van der Waals surface area contributed by atoms with Crippen LogP contribution in [-0.4, -0.2) is 5.97 Å². The van der Waals surface area contributed by atoms with Gasteiger partial charge in [0.05, 0.1) is 10.0 Å². The first-order chi connectivity index (χ1) is 9.38. The standard InChI is InChI=1S/C15H11Br2IO2/c1-8-3-4-10(6-13(8)18)15(19)20-14-9(2)5-11(16)7-12(14)17/h3-7H,1-2H3. The van der Waals surface area contributed by atoms with E-state index in [2.05, 4.69) is 54.5 Å². The van der Waals surface area contributed by atoms with Crippen molar-refractivity contribution in [1.82, 2.24) is 0 Å². The first-order valence-electron chi connectivity index (χ1n) is 5.82. The van der Waals surface area contributed by atoms with Gasteiger partial charge in [0, 0.05) is 8.04 Å². The molecule has 0 aliphatic heterocycles. The molecule has 0 fully saturated rings. The van der Waals surface area contributed by atoms with Gasteiger partial charge in [-0.3, -0.25) is 0 Å². The normalized spacial score (nSPS) is 10.4. The summed E-state index contributed by atoms with van der Waals surface area (Å²) in [4.78, 5) is 12.2. The van der Waals surface area contributed by atoms with Gasteiger partial charge in [0.1, 0.15) is 5.75 Å². The minimum Gasteiger partial charge on any atom is -0.421 e. The zero-order valence-electron chi connectivity index (χ0n) is 10.8. The summed E-state index contributed by atoms with van der Waals surface area (Å²) in [7, 11) is 0. The minimum atomic E-state index is -0.353. The quantitative estimate of drug-likeness (QED) is 0.297. The molecule has 0 unspecified atom stereocenters. The van der Waals surface area contributed by atoms with Gasteiger partial charge in [-0.25, -0.2) is 4.79 Å². The van der Waals surface area contributed by atoms with Crippen LogP contribution >= 0.6 is 54.5 Å². The van der Waals surface area contributed by atoms with Crippen molar-refractivity contribution in [2.75, 3.05) is 0 Å². The third-order valence-electron chi connectivity index (χ3n) is 2.80. The molecule has 104 valence electrons. The molecule has 2 rings (SSSR count). The maximum Gasteiger partial charge on any atom is 0.343 e. The van der Waals surface area contributed by atoms with Crippen LogP contribution in [0.15, 0.2) is 39.3 Å². The van der Waals surface area contributed by atoms with Crippen LogP contribution in [-0.2, 0) is 0 Å². The molecule has 0 spiro atoms. The first-order valence-corrected chi connectivity index (χ1v) is 8.49. The highest BCUT2D eigenvalue weighted by atomic mass is 127. The molecule has 0 bridgehead atoms. The second-order valence-electron chi connectivity index (χ2n) is 4.39. The summed E-state index contributed by atoms with van der Waals surface area (Å²) in [5, 5.41) is 0. The maximum atomic E-state index is 12.2. The molecule has 0 heterocycles. The molecule has 0 amide bonds. The van der Waals surface area contributed by atoms with Gasteiger partial charge in [-0.05, 0) is 87.8 Å². The van der Waals surface area contributed by atoms with Gasteiger partial charge in [-0.2, -0.15) is 0 Å². The minimum absolute atomic E-state index is 0.353. The van der Waals surface area contributed by atoms with Crippen LogP contribution in [0.3, 0.4) is 0 Å². The monoisotopic (exact) mass is 508 g/mol. The zero-order chi connectivity index (χ0) is 14.9. The fourth-order valence-electron chi connectivity index (χ4n) is 1.69. The molecule has 0 saturated heterocycles. The average Bonchev–Trinajstić information content (AvgIpc) is 2.36. The van der Waals surface area contributed by atoms with Gasteiger partial charge in [-0.15, -0.1) is 0 Å². The molecule has 0 saturated carbocycles. The van der Waals surface area contributed by atoms with Crippen LogP contribution in [0, 0.1) is 17.4 Å². The van der Waals surface area contributed by atoms with E-state index in [1.807, 2.05) is 38.1 Å². The Morgan fingerprint density at radius 2 is 1.80 bits per heavy atom. The topological polar surface area (TPSA) is 26.3 Å². The van der Waals surface area contributed by atoms with Crippen LogP contribution in [0.4, 0.5) is 0 Å². The average molecular weight is 510 g/mol. The smallest absolute Gasteiger partial charge is 0.343 e. The summed E-state index contributed by atoms with van der Waals surface area (Å²) in [5.74, 6) is 0.197. The van der Waals surface area contributed by atoms with Gasteiger partial charge < -0.3 is 4.74 Å². The van der Waals surface area contributed by atoms with Crippen molar-refractivity contribution in [3.63, 3.8) is 0 Å². The zero-order valence-corrected chi connectivity index (χ0v) is 16.2. The summed E-state index contributed by atoms with van der Waals surface area (Å²) in [6, 6.07) is 9.30. The van der Waals surface area contributed by atoms with Crippen LogP contribution < -0.4 is 4.74 Å². The van der Waals surface area contributed by atoms with Crippen molar-refractivity contribution in [3.8, 4) is 5.75 Å². The lowest BCUT2D eigenvalue weighted by Crippen LogP contribution is -2.10. The summed E-state index contributed by atoms with van der Waals surface area (Å²) in [5.41, 5.74) is 2.58. The SMILES string of the molecule is Cc1ccc(C(=O)Oc2c(C)cc(Br)cc2Br)cc1I. The highest BCUT2D eigenvalue weighted by Crippen LogP contribution is 2.33. The van der Waals surface area contributed by atoms with Crippen molar-refractivity contribution in [3.05, 3.63) is 59.5 Å². The van der Waals surface area contributed by atoms with Crippen molar-refractivity contribution in [2.24, 2.45) is 0 Å². The van der Waals surface area contributed by atoms with E-state index in [4.69, 9.17) is 4.74 Å². The summed E-state index contributed by atoms with van der Waals surface area (Å²) >= 11 is 9.03. The Morgan fingerprint density at radius 1 is 1.10 bits per heavy atom. The molecule has 0 aliphatic carbocycles. The van der Waals surface area contributed by atoms with E-state index < -0.39 is 0 Å². The molecular formula is C15H11Br2IO2. The number of carbonyl (C=O) groups excluding carboxylic acids is 1. The highest BCUT2D eigenvalue weighted by Gasteiger charge is 2.14. The fourth-order valence-corrected chi connectivity index (χ4v) is 3.72. The molecule has 0 N–H and O–H groups in total. The van der Waals surface area contributed by atoms with E-state index in [1.54, 1.807) is 6.07 Å². The van der Waals surface area contributed by atoms with Crippen molar-refractivity contribution < 1.29 is 9.53 Å². The Morgan fingerprint density at radius 3 is 2.40 bits per heavy atom. The van der Waals surface area contributed by atoms with Crippen LogP contribution in [0.1, 0.15) is 21.5 Å². The van der Waals surface area contributed by atoms with Gasteiger partial charge in [0.2, 0.25) is 0 Å². The second kappa shape index (κ2) is 6.58. The van der Waals surface area contributed by atoms with E-state index >= 15 is 0 Å². The summed E-state index contributed by atoms with van der Waals surface area (Å²) in [6.45, 7) is 3.91. The molecule has 2 aromatic carbocycles. The van der Waals surface area contributed by atoms with Crippen molar-refractivity contribution >= 4 is 60.4 Å². The van der Waals surface area contributed by atoms with Crippen LogP contribution in [0.2, 0.25) is 0 Å². The Kier molecular flexibility index (Phi) is 5.25. The van der Waals surface area contributed by atoms with Gasteiger partial charge >= 0.3 is 5.97 Å². The van der Waals surface area contributed by atoms with E-state index in [1.165, 1.54) is 0 Å². The predicted molar refractivity (Wildman–Crippen MR) is 95.4 cm³/mol. The Balaban J connectivity index is 2.30. The van der Waals surface area contributed by atoms with Gasteiger partial charge in [0.15, 0.2) is 0 Å². The lowest BCUT2D eigenvalue weighted by atomic mass is 10.1. The Bertz CT molecular complexity index is 661. The number of hydrogen-bond acceptors (Lipinski definition) is 2. The van der Waals surface area contributed by atoms with E-state index in [9.17, 15) is 4.79 Å². The fraction of sp³-hybridized carbons (Fsp3) is 0.133. The first kappa shape index (κ1) is 16.0. The lowest BCUT2D eigenvalue weighted by molar-refractivity contribution is 0.0732. The molecule has 0 radical (unpaired) electrons. The molecule has 0 atom stereocenters. The van der Waals surface area contributed by atoms with Gasteiger partial charge in [0.25, 0.3) is 0 Å². The van der Waals surface area contributed by atoms with E-state index in [0.717, 1.165) is 23.6 Å². The van der Waals surface area contributed by atoms with Crippen LogP contribution in [0.5, 0.6) is 5.75 Å². The Labute approximate surface area is 148 Å². The maximum absolute atomic E-state index is 12.2. The highest BCUT2D eigenvalue weighted by molar-refractivity contribution is 14.1. The van der Waals surface area contributed by atoms with Crippen molar-refractivity contribution in [2.45, 2.75) is 13.8 Å². The third-order valence-corrected chi connectivity index (χ3v) is 5.01. The molecule has 20 heavy (non-hydrogen) atoms. The van der Waals surface area contributed by atoms with Crippen molar-refractivity contribution in [1.29, 1.82) is 0 Å². The molecule has 2 nitrogen and oxygen atoms in total. The number of benzene rings is 2. The summed E-state index contributed by atoms with van der Waals surface area (Å²) < 4.78 is 8.23. The Hall–Kier alpha value is -0.400. The number of esters is 1. The number of hydrogen-bond donors (Lipinski definition) is 0. The number of aryl methyl sites for hydroxylation is 2. The van der Waals surface area contributed by atoms with Crippen LogP contribution in [0.25, 0.3) is 0 Å². The number of ether oxygens (including phenoxy) is 1. The second-order valence-corrected chi connectivity index (χ2v) is 7.32. The molecule has 5 heteroatoms. The lowest BCUT2D eigenvalue weighted by Gasteiger charge is -2.10. The number of carbonyl (C=O) groups is 1. The molecule has 0 aliphatic rings. The predicted octanol–water partition coefficient (Wildman–Crippen LogP) is 5.65. The molecule has 2 aromatic rings. The number of halogens is 3. The largest absolute Gasteiger partial charge is 0.421 e.